The van der Waals surface area contributed by atoms with Crippen molar-refractivity contribution in [3.63, 3.8) is 0 Å². The molecule has 0 saturated carbocycles. The smallest absolute Gasteiger partial charge is 0.264 e. The van der Waals surface area contributed by atoms with Crippen LogP contribution in [0, 0.1) is 0 Å². The Morgan fingerprint density at radius 1 is 0.966 bits per heavy atom. The number of amides is 1. The number of halogens is 1. The van der Waals surface area contributed by atoms with Gasteiger partial charge in [0.15, 0.2) is 11.4 Å². The molecule has 1 heterocycles. The van der Waals surface area contributed by atoms with Crippen molar-refractivity contribution in [2.75, 3.05) is 4.90 Å². The third-order valence-corrected chi connectivity index (χ3v) is 5.92. The normalized spacial score (nSPS) is 18.0. The largest absolute Gasteiger partial charge is 0.507 e. The van der Waals surface area contributed by atoms with Crippen LogP contribution in [0.5, 0.6) is 5.75 Å². The average Bonchev–Trinajstić information content (AvgIpc) is 2.92. The summed E-state index contributed by atoms with van der Waals surface area (Å²) in [5.41, 5.74) is -0.0685. The average molecular weight is 452 g/mol. The van der Waals surface area contributed by atoms with Crippen molar-refractivity contribution >= 4 is 33.3 Å². The van der Waals surface area contributed by atoms with Crippen molar-refractivity contribution < 1.29 is 19.8 Å². The molecule has 2 N–H and O–H groups in total. The number of carbonyl (C=O) groups is 2. The topological polar surface area (TPSA) is 77.8 Å². The summed E-state index contributed by atoms with van der Waals surface area (Å²) < 4.78 is 0.853. The van der Waals surface area contributed by atoms with Gasteiger partial charge in [0.1, 0.15) is 5.75 Å². The fraction of sp³-hybridized carbons (Fsp3) is 0.130. The van der Waals surface area contributed by atoms with E-state index in [0.29, 0.717) is 11.3 Å². The van der Waals surface area contributed by atoms with Gasteiger partial charge in [-0.3, -0.25) is 9.59 Å². The first-order valence-corrected chi connectivity index (χ1v) is 9.89. The molecule has 0 spiro atoms. The Hall–Kier alpha value is -2.96. The van der Waals surface area contributed by atoms with E-state index in [0.717, 1.165) is 10.0 Å². The summed E-state index contributed by atoms with van der Waals surface area (Å²) in [5, 5.41) is 21.3. The number of anilines is 1. The zero-order chi connectivity index (χ0) is 20.6. The maximum absolute atomic E-state index is 13.3. The van der Waals surface area contributed by atoms with E-state index in [1.54, 1.807) is 36.4 Å². The van der Waals surface area contributed by atoms with Gasteiger partial charge in [-0.1, -0.05) is 64.5 Å². The first kappa shape index (κ1) is 19.4. The Balaban J connectivity index is 1.71. The van der Waals surface area contributed by atoms with Crippen LogP contribution >= 0.6 is 15.9 Å². The highest BCUT2D eigenvalue weighted by Crippen LogP contribution is 2.44. The number of phenols is 1. The zero-order valence-electron chi connectivity index (χ0n) is 15.4. The van der Waals surface area contributed by atoms with Crippen LogP contribution in [0.25, 0.3) is 0 Å². The van der Waals surface area contributed by atoms with Crippen molar-refractivity contribution in [3.05, 3.63) is 94.0 Å². The molecular formula is C23H18BrNO4. The van der Waals surface area contributed by atoms with Gasteiger partial charge in [0.05, 0.1) is 24.2 Å². The molecule has 0 aliphatic carbocycles. The molecule has 3 aromatic rings. The monoisotopic (exact) mass is 451 g/mol. The predicted octanol–water partition coefficient (Wildman–Crippen LogP) is 4.16. The number of aliphatic hydroxyl groups is 1. The molecular weight excluding hydrogens is 434 g/mol. The number of carbonyl (C=O) groups excluding carboxylic acids is 2. The number of aromatic hydroxyl groups is 1. The number of Topliss-reactive ketones (excluding diaryl/α,β-unsaturated/α-hetero) is 1. The fourth-order valence-electron chi connectivity index (χ4n) is 3.67. The molecule has 1 aliphatic rings. The van der Waals surface area contributed by atoms with Crippen molar-refractivity contribution in [2.45, 2.75) is 18.6 Å². The molecule has 29 heavy (non-hydrogen) atoms. The minimum absolute atomic E-state index is 0.0791. The van der Waals surface area contributed by atoms with Crippen LogP contribution in [-0.4, -0.2) is 21.9 Å². The van der Waals surface area contributed by atoms with Gasteiger partial charge in [-0.2, -0.15) is 0 Å². The summed E-state index contributed by atoms with van der Waals surface area (Å²) in [6, 6.07) is 20.6. The first-order chi connectivity index (χ1) is 13.9. The highest BCUT2D eigenvalue weighted by molar-refractivity contribution is 9.10. The van der Waals surface area contributed by atoms with Gasteiger partial charge in [0.25, 0.3) is 5.91 Å². The maximum atomic E-state index is 13.3. The van der Waals surface area contributed by atoms with E-state index in [4.69, 9.17) is 0 Å². The minimum atomic E-state index is -1.99. The molecule has 1 atom stereocenters. The van der Waals surface area contributed by atoms with Crippen LogP contribution in [0.4, 0.5) is 5.69 Å². The van der Waals surface area contributed by atoms with E-state index in [-0.39, 0.29) is 17.9 Å². The van der Waals surface area contributed by atoms with Crippen LogP contribution < -0.4 is 4.90 Å². The lowest BCUT2D eigenvalue weighted by atomic mass is 9.88. The van der Waals surface area contributed by atoms with Crippen molar-refractivity contribution in [1.29, 1.82) is 0 Å². The number of rotatable bonds is 5. The second kappa shape index (κ2) is 7.46. The standard InChI is InChI=1S/C23H18BrNO4/c24-18-10-4-1-7-15(18)14-25-19-11-5-3-9-17(19)23(29,22(25)28)13-21(27)16-8-2-6-12-20(16)26/h1-12,26,29H,13-14H2. The summed E-state index contributed by atoms with van der Waals surface area (Å²) in [4.78, 5) is 27.6. The van der Waals surface area contributed by atoms with Crippen molar-refractivity contribution in [1.82, 2.24) is 0 Å². The predicted molar refractivity (Wildman–Crippen MR) is 113 cm³/mol. The van der Waals surface area contributed by atoms with Crippen LogP contribution in [0.15, 0.2) is 77.3 Å². The summed E-state index contributed by atoms with van der Waals surface area (Å²) in [6.07, 6.45) is -0.452. The highest BCUT2D eigenvalue weighted by atomic mass is 79.9. The Morgan fingerprint density at radius 3 is 2.38 bits per heavy atom. The summed E-state index contributed by atoms with van der Waals surface area (Å²) >= 11 is 3.49. The number of para-hydroxylation sites is 2. The van der Waals surface area contributed by atoms with Crippen LogP contribution in [0.2, 0.25) is 0 Å². The Bertz CT molecular complexity index is 1110. The lowest BCUT2D eigenvalue weighted by Gasteiger charge is -2.23. The first-order valence-electron chi connectivity index (χ1n) is 9.10. The molecule has 0 fully saturated rings. The lowest BCUT2D eigenvalue weighted by molar-refractivity contribution is -0.136. The summed E-state index contributed by atoms with van der Waals surface area (Å²) in [5.74, 6) is -1.24. The minimum Gasteiger partial charge on any atom is -0.507 e. The summed E-state index contributed by atoms with van der Waals surface area (Å²) in [6.45, 7) is 0.254. The molecule has 6 heteroatoms. The highest BCUT2D eigenvalue weighted by Gasteiger charge is 2.51. The van der Waals surface area contributed by atoms with Gasteiger partial charge in [-0.15, -0.1) is 0 Å². The van der Waals surface area contributed by atoms with Gasteiger partial charge in [0, 0.05) is 10.0 Å². The molecule has 1 amide bonds. The van der Waals surface area contributed by atoms with E-state index in [9.17, 15) is 19.8 Å². The number of phenolic OH excluding ortho intramolecular Hbond substituents is 1. The lowest BCUT2D eigenvalue weighted by Crippen LogP contribution is -2.41. The van der Waals surface area contributed by atoms with Gasteiger partial charge in [-0.25, -0.2) is 0 Å². The van der Waals surface area contributed by atoms with Crippen LogP contribution in [0.1, 0.15) is 27.9 Å². The number of benzene rings is 3. The van der Waals surface area contributed by atoms with Gasteiger partial charge in [0.2, 0.25) is 0 Å². The third kappa shape index (κ3) is 3.34. The zero-order valence-corrected chi connectivity index (χ0v) is 17.0. The van der Waals surface area contributed by atoms with Crippen molar-refractivity contribution in [2.24, 2.45) is 0 Å². The van der Waals surface area contributed by atoms with Crippen LogP contribution in [0.3, 0.4) is 0 Å². The fourth-order valence-corrected chi connectivity index (χ4v) is 4.08. The second-order valence-electron chi connectivity index (χ2n) is 6.98. The van der Waals surface area contributed by atoms with E-state index in [1.165, 1.54) is 17.0 Å². The van der Waals surface area contributed by atoms with Crippen molar-refractivity contribution in [3.8, 4) is 5.75 Å². The molecule has 1 aliphatic heterocycles. The summed E-state index contributed by atoms with van der Waals surface area (Å²) in [7, 11) is 0. The number of ketones is 1. The SMILES string of the molecule is O=C(CC1(O)C(=O)N(Cc2ccccc2Br)c2ccccc21)c1ccccc1O. The van der Waals surface area contributed by atoms with Gasteiger partial charge >= 0.3 is 0 Å². The molecule has 0 saturated heterocycles. The molecule has 3 aromatic carbocycles. The Labute approximate surface area is 176 Å². The van der Waals surface area contributed by atoms with Gasteiger partial charge < -0.3 is 15.1 Å². The molecule has 1 unspecified atom stereocenters. The van der Waals surface area contributed by atoms with E-state index in [2.05, 4.69) is 15.9 Å². The Morgan fingerprint density at radius 2 is 1.62 bits per heavy atom. The molecule has 5 nitrogen and oxygen atoms in total. The number of hydrogen-bond acceptors (Lipinski definition) is 4. The van der Waals surface area contributed by atoms with E-state index >= 15 is 0 Å². The maximum Gasteiger partial charge on any atom is 0.264 e. The molecule has 0 radical (unpaired) electrons. The van der Waals surface area contributed by atoms with E-state index < -0.39 is 23.7 Å². The number of hydrogen-bond donors (Lipinski definition) is 2. The second-order valence-corrected chi connectivity index (χ2v) is 7.83. The van der Waals surface area contributed by atoms with E-state index in [1.807, 2.05) is 24.3 Å². The quantitative estimate of drug-likeness (QED) is 0.570. The third-order valence-electron chi connectivity index (χ3n) is 5.15. The molecule has 146 valence electrons. The molecule has 0 aromatic heterocycles. The van der Waals surface area contributed by atoms with Crippen LogP contribution in [-0.2, 0) is 16.9 Å². The Kier molecular flexibility index (Phi) is 4.98. The number of nitrogens with zero attached hydrogens (tertiary/aromatic N) is 1. The molecule has 4 rings (SSSR count). The molecule has 0 bridgehead atoms. The number of fused-ring (bicyclic) bond motifs is 1. The van der Waals surface area contributed by atoms with Gasteiger partial charge in [-0.05, 0) is 29.8 Å².